The van der Waals surface area contributed by atoms with Gasteiger partial charge in [-0.1, -0.05) is 54.1 Å². The highest BCUT2D eigenvalue weighted by Gasteiger charge is 2.23. The minimum atomic E-state index is 0.0324. The van der Waals surface area contributed by atoms with Crippen LogP contribution in [0.1, 0.15) is 15.9 Å². The number of amides is 1. The number of hydrogen-bond donors (Lipinski definition) is 0. The highest BCUT2D eigenvalue weighted by Crippen LogP contribution is 2.18. The predicted molar refractivity (Wildman–Crippen MR) is 89.1 cm³/mol. The summed E-state index contributed by atoms with van der Waals surface area (Å²) in [5, 5.41) is 0.527. The molecule has 1 aliphatic rings. The molecule has 0 aromatic heterocycles. The van der Waals surface area contributed by atoms with Crippen molar-refractivity contribution in [3.63, 3.8) is 0 Å². The molecular formula is C18H19ClN2O. The average molecular weight is 315 g/mol. The van der Waals surface area contributed by atoms with Gasteiger partial charge in [-0.15, -0.1) is 0 Å². The van der Waals surface area contributed by atoms with Gasteiger partial charge in [0.25, 0.3) is 5.91 Å². The zero-order valence-electron chi connectivity index (χ0n) is 12.4. The first-order chi connectivity index (χ1) is 10.7. The maximum absolute atomic E-state index is 12.5. The Morgan fingerprint density at radius 3 is 2.23 bits per heavy atom. The van der Waals surface area contributed by atoms with Crippen molar-refractivity contribution >= 4 is 17.5 Å². The van der Waals surface area contributed by atoms with Gasteiger partial charge in [0, 0.05) is 32.7 Å². The van der Waals surface area contributed by atoms with Gasteiger partial charge in [-0.2, -0.15) is 0 Å². The molecule has 0 atom stereocenters. The van der Waals surface area contributed by atoms with Crippen LogP contribution in [-0.2, 0) is 6.54 Å². The Labute approximate surface area is 136 Å². The van der Waals surface area contributed by atoms with Crippen LogP contribution in [0.25, 0.3) is 0 Å². The lowest BCUT2D eigenvalue weighted by atomic mass is 10.1. The number of hydrogen-bond acceptors (Lipinski definition) is 2. The molecule has 1 saturated heterocycles. The Kier molecular flexibility index (Phi) is 4.76. The molecule has 2 aromatic rings. The van der Waals surface area contributed by atoms with Crippen LogP contribution < -0.4 is 0 Å². The molecule has 0 spiro atoms. The van der Waals surface area contributed by atoms with Crippen molar-refractivity contribution in [3.8, 4) is 0 Å². The van der Waals surface area contributed by atoms with Gasteiger partial charge in [0.1, 0.15) is 0 Å². The van der Waals surface area contributed by atoms with Crippen molar-refractivity contribution in [2.24, 2.45) is 0 Å². The number of rotatable bonds is 3. The number of benzene rings is 2. The summed E-state index contributed by atoms with van der Waals surface area (Å²) in [5.41, 5.74) is 1.91. The van der Waals surface area contributed by atoms with E-state index in [2.05, 4.69) is 29.2 Å². The molecule has 114 valence electrons. The summed E-state index contributed by atoms with van der Waals surface area (Å²) in [6.45, 7) is 4.22. The molecule has 3 nitrogen and oxygen atoms in total. The summed E-state index contributed by atoms with van der Waals surface area (Å²) in [6, 6.07) is 17.7. The zero-order chi connectivity index (χ0) is 15.4. The smallest absolute Gasteiger partial charge is 0.255 e. The Morgan fingerprint density at radius 2 is 1.55 bits per heavy atom. The van der Waals surface area contributed by atoms with Crippen molar-refractivity contribution in [3.05, 3.63) is 70.7 Å². The molecule has 3 rings (SSSR count). The molecule has 1 fully saturated rings. The lowest BCUT2D eigenvalue weighted by Gasteiger charge is -2.35. The summed E-state index contributed by atoms with van der Waals surface area (Å²) < 4.78 is 0. The summed E-state index contributed by atoms with van der Waals surface area (Å²) >= 11 is 6.12. The number of halogens is 1. The summed E-state index contributed by atoms with van der Waals surface area (Å²) in [4.78, 5) is 16.8. The Balaban J connectivity index is 1.58. The molecule has 1 aliphatic heterocycles. The topological polar surface area (TPSA) is 23.6 Å². The Hall–Kier alpha value is -1.84. The second kappa shape index (κ2) is 6.95. The minimum Gasteiger partial charge on any atom is -0.336 e. The molecule has 0 N–H and O–H groups in total. The maximum atomic E-state index is 12.5. The van der Waals surface area contributed by atoms with Crippen molar-refractivity contribution in [1.82, 2.24) is 9.80 Å². The number of carbonyl (C=O) groups is 1. The van der Waals surface area contributed by atoms with Crippen LogP contribution in [0.15, 0.2) is 54.6 Å². The van der Waals surface area contributed by atoms with Gasteiger partial charge < -0.3 is 4.90 Å². The third-order valence-corrected chi connectivity index (χ3v) is 4.34. The summed E-state index contributed by atoms with van der Waals surface area (Å²) in [5.74, 6) is 0.0324. The molecular weight excluding hydrogens is 296 g/mol. The van der Waals surface area contributed by atoms with Crippen LogP contribution in [-0.4, -0.2) is 41.9 Å². The van der Waals surface area contributed by atoms with Crippen LogP contribution >= 0.6 is 11.6 Å². The van der Waals surface area contributed by atoms with E-state index in [0.717, 1.165) is 32.7 Å². The van der Waals surface area contributed by atoms with Crippen LogP contribution in [0.5, 0.6) is 0 Å². The van der Waals surface area contributed by atoms with Gasteiger partial charge in [0.15, 0.2) is 0 Å². The molecule has 0 saturated carbocycles. The van der Waals surface area contributed by atoms with Gasteiger partial charge in [0.05, 0.1) is 10.6 Å². The summed E-state index contributed by atoms with van der Waals surface area (Å²) in [7, 11) is 0. The molecule has 0 aliphatic carbocycles. The molecule has 1 amide bonds. The first-order valence-corrected chi connectivity index (χ1v) is 7.92. The standard InChI is InChI=1S/C18H19ClN2O/c19-17-9-5-4-8-16(17)18(22)21-12-10-20(11-13-21)14-15-6-2-1-3-7-15/h1-9H,10-14H2. The molecule has 2 aromatic carbocycles. The van der Waals surface area contributed by atoms with Crippen LogP contribution in [0.2, 0.25) is 5.02 Å². The first-order valence-electron chi connectivity index (χ1n) is 7.54. The molecule has 0 unspecified atom stereocenters. The fourth-order valence-electron chi connectivity index (χ4n) is 2.76. The highest BCUT2D eigenvalue weighted by molar-refractivity contribution is 6.33. The monoisotopic (exact) mass is 314 g/mol. The Bertz CT molecular complexity index is 637. The van der Waals surface area contributed by atoms with Gasteiger partial charge in [-0.3, -0.25) is 9.69 Å². The molecule has 0 bridgehead atoms. The lowest BCUT2D eigenvalue weighted by Crippen LogP contribution is -2.48. The van der Waals surface area contributed by atoms with E-state index in [9.17, 15) is 4.79 Å². The Morgan fingerprint density at radius 1 is 0.909 bits per heavy atom. The zero-order valence-corrected chi connectivity index (χ0v) is 13.2. The maximum Gasteiger partial charge on any atom is 0.255 e. The van der Waals surface area contributed by atoms with Crippen LogP contribution in [0, 0.1) is 0 Å². The number of piperazine rings is 1. The van der Waals surface area contributed by atoms with E-state index in [1.165, 1.54) is 5.56 Å². The van der Waals surface area contributed by atoms with E-state index in [1.807, 2.05) is 23.1 Å². The van der Waals surface area contributed by atoms with Crippen molar-refractivity contribution in [2.75, 3.05) is 26.2 Å². The van der Waals surface area contributed by atoms with Gasteiger partial charge in [-0.25, -0.2) is 0 Å². The second-order valence-corrected chi connectivity index (χ2v) is 5.94. The fraction of sp³-hybridized carbons (Fsp3) is 0.278. The van der Waals surface area contributed by atoms with Crippen molar-refractivity contribution in [2.45, 2.75) is 6.54 Å². The molecule has 22 heavy (non-hydrogen) atoms. The van der Waals surface area contributed by atoms with Crippen LogP contribution in [0.4, 0.5) is 0 Å². The van der Waals surface area contributed by atoms with E-state index >= 15 is 0 Å². The molecule has 4 heteroatoms. The normalized spacial score (nSPS) is 15.8. The van der Waals surface area contributed by atoms with E-state index in [4.69, 9.17) is 11.6 Å². The van der Waals surface area contributed by atoms with E-state index < -0.39 is 0 Å². The van der Waals surface area contributed by atoms with Crippen LogP contribution in [0.3, 0.4) is 0 Å². The van der Waals surface area contributed by atoms with E-state index in [1.54, 1.807) is 12.1 Å². The quantitative estimate of drug-likeness (QED) is 0.868. The van der Waals surface area contributed by atoms with E-state index in [0.29, 0.717) is 10.6 Å². The average Bonchev–Trinajstić information content (AvgIpc) is 2.56. The summed E-state index contributed by atoms with van der Waals surface area (Å²) in [6.07, 6.45) is 0. The van der Waals surface area contributed by atoms with Gasteiger partial charge >= 0.3 is 0 Å². The van der Waals surface area contributed by atoms with Gasteiger partial charge in [-0.05, 0) is 17.7 Å². The third-order valence-electron chi connectivity index (χ3n) is 4.01. The highest BCUT2D eigenvalue weighted by atomic mass is 35.5. The predicted octanol–water partition coefficient (Wildman–Crippen LogP) is 3.30. The second-order valence-electron chi connectivity index (χ2n) is 5.53. The van der Waals surface area contributed by atoms with E-state index in [-0.39, 0.29) is 5.91 Å². The SMILES string of the molecule is O=C(c1ccccc1Cl)N1CCN(Cc2ccccc2)CC1. The van der Waals surface area contributed by atoms with Gasteiger partial charge in [0.2, 0.25) is 0 Å². The first kappa shape index (κ1) is 15.1. The third kappa shape index (κ3) is 3.49. The lowest BCUT2D eigenvalue weighted by molar-refractivity contribution is 0.0628. The fourth-order valence-corrected chi connectivity index (χ4v) is 2.97. The number of nitrogens with zero attached hydrogens (tertiary/aromatic N) is 2. The molecule has 1 heterocycles. The van der Waals surface area contributed by atoms with Crippen molar-refractivity contribution < 1.29 is 4.79 Å². The number of carbonyl (C=O) groups excluding carboxylic acids is 1. The molecule has 0 radical (unpaired) electrons. The minimum absolute atomic E-state index is 0.0324. The largest absolute Gasteiger partial charge is 0.336 e. The van der Waals surface area contributed by atoms with Crippen molar-refractivity contribution in [1.29, 1.82) is 0 Å².